The minimum absolute atomic E-state index is 0.199. The lowest BCUT2D eigenvalue weighted by atomic mass is 10.1. The summed E-state index contributed by atoms with van der Waals surface area (Å²) in [6.45, 7) is 4.24. The highest BCUT2D eigenvalue weighted by Crippen LogP contribution is 2.21. The first-order valence-electron chi connectivity index (χ1n) is 9.26. The van der Waals surface area contributed by atoms with Crippen molar-refractivity contribution in [2.24, 2.45) is 4.40 Å². The van der Waals surface area contributed by atoms with E-state index in [1.807, 2.05) is 54.3 Å². The van der Waals surface area contributed by atoms with Gasteiger partial charge in [0.05, 0.1) is 18.1 Å². The average molecular weight is 394 g/mol. The van der Waals surface area contributed by atoms with E-state index in [4.69, 9.17) is 4.74 Å². The van der Waals surface area contributed by atoms with Crippen LogP contribution in [0.2, 0.25) is 0 Å². The summed E-state index contributed by atoms with van der Waals surface area (Å²) in [4.78, 5) is 2.18. The molecule has 4 rings (SSSR count). The summed E-state index contributed by atoms with van der Waals surface area (Å²) in [6.07, 6.45) is 0. The first-order chi connectivity index (χ1) is 13.5. The summed E-state index contributed by atoms with van der Waals surface area (Å²) in [5.74, 6) is 0.467. The van der Waals surface area contributed by atoms with Gasteiger partial charge in [0.2, 0.25) is 0 Å². The Kier molecular flexibility index (Phi) is 5.15. The van der Waals surface area contributed by atoms with Crippen LogP contribution in [0.25, 0.3) is 10.8 Å². The number of fused-ring (bicyclic) bond motifs is 1. The number of morpholine rings is 1. The molecule has 3 aromatic rings. The molecular formula is C22H22N2O3S. The van der Waals surface area contributed by atoms with E-state index in [-0.39, 0.29) is 4.90 Å². The zero-order valence-corrected chi connectivity index (χ0v) is 16.5. The lowest BCUT2D eigenvalue weighted by Gasteiger charge is -2.30. The third-order valence-corrected chi connectivity index (χ3v) is 6.12. The van der Waals surface area contributed by atoms with Crippen LogP contribution in [0.1, 0.15) is 11.1 Å². The predicted octanol–water partition coefficient (Wildman–Crippen LogP) is 3.62. The molecule has 1 fully saturated rings. The van der Waals surface area contributed by atoms with Gasteiger partial charge in [-0.3, -0.25) is 0 Å². The zero-order valence-electron chi connectivity index (χ0n) is 15.7. The number of nitrogens with zero attached hydrogens (tertiary/aromatic N) is 2. The first-order valence-corrected chi connectivity index (χ1v) is 10.7. The second-order valence-corrected chi connectivity index (χ2v) is 8.47. The van der Waals surface area contributed by atoms with Crippen LogP contribution >= 0.6 is 0 Å². The molecule has 0 radical (unpaired) electrons. The SMILES string of the molecule is Cc1ccc(S(=O)(=O)/N=C(/c2ccc3ccccc3c2)N2CCOCC2)cc1. The maximum absolute atomic E-state index is 13.0. The fraction of sp³-hybridized carbons (Fsp3) is 0.227. The maximum atomic E-state index is 13.0. The maximum Gasteiger partial charge on any atom is 0.284 e. The van der Waals surface area contributed by atoms with E-state index >= 15 is 0 Å². The van der Waals surface area contributed by atoms with Crippen molar-refractivity contribution in [3.05, 3.63) is 77.9 Å². The van der Waals surface area contributed by atoms with Crippen LogP contribution in [0.3, 0.4) is 0 Å². The van der Waals surface area contributed by atoms with Crippen LogP contribution in [-0.4, -0.2) is 45.5 Å². The van der Waals surface area contributed by atoms with Crippen molar-refractivity contribution < 1.29 is 13.2 Å². The molecular weight excluding hydrogens is 372 g/mol. The van der Waals surface area contributed by atoms with Gasteiger partial charge in [-0.15, -0.1) is 4.40 Å². The third-order valence-electron chi connectivity index (χ3n) is 4.84. The topological polar surface area (TPSA) is 59.0 Å². The van der Waals surface area contributed by atoms with Crippen molar-refractivity contribution >= 4 is 26.6 Å². The van der Waals surface area contributed by atoms with E-state index < -0.39 is 10.0 Å². The normalized spacial score (nSPS) is 15.8. The Morgan fingerprint density at radius 2 is 1.61 bits per heavy atom. The minimum atomic E-state index is -3.82. The Morgan fingerprint density at radius 1 is 0.929 bits per heavy atom. The summed E-state index contributed by atoms with van der Waals surface area (Å²) >= 11 is 0. The summed E-state index contributed by atoms with van der Waals surface area (Å²) < 4.78 is 35.7. The molecule has 0 saturated carbocycles. The summed E-state index contributed by atoms with van der Waals surface area (Å²) in [5.41, 5.74) is 1.79. The monoisotopic (exact) mass is 394 g/mol. The van der Waals surface area contributed by atoms with Gasteiger partial charge in [-0.1, -0.05) is 54.1 Å². The van der Waals surface area contributed by atoms with Crippen LogP contribution in [0.4, 0.5) is 0 Å². The highest BCUT2D eigenvalue weighted by molar-refractivity contribution is 7.90. The zero-order chi connectivity index (χ0) is 19.6. The highest BCUT2D eigenvalue weighted by Gasteiger charge is 2.22. The molecule has 0 aliphatic carbocycles. The van der Waals surface area contributed by atoms with Gasteiger partial charge in [0, 0.05) is 18.7 Å². The van der Waals surface area contributed by atoms with Gasteiger partial charge in [0.25, 0.3) is 10.0 Å². The van der Waals surface area contributed by atoms with E-state index in [0.717, 1.165) is 21.9 Å². The Hall–Kier alpha value is -2.70. The smallest absolute Gasteiger partial charge is 0.284 e. The van der Waals surface area contributed by atoms with Gasteiger partial charge in [0.15, 0.2) is 0 Å². The molecule has 6 heteroatoms. The number of ether oxygens (including phenoxy) is 1. The largest absolute Gasteiger partial charge is 0.378 e. The van der Waals surface area contributed by atoms with E-state index in [9.17, 15) is 8.42 Å². The molecule has 0 atom stereocenters. The lowest BCUT2D eigenvalue weighted by molar-refractivity contribution is 0.0684. The van der Waals surface area contributed by atoms with Crippen molar-refractivity contribution in [3.8, 4) is 0 Å². The molecule has 5 nitrogen and oxygen atoms in total. The second-order valence-electron chi connectivity index (χ2n) is 6.86. The average Bonchev–Trinajstić information content (AvgIpc) is 2.73. The number of aryl methyl sites for hydroxylation is 1. The van der Waals surface area contributed by atoms with Crippen LogP contribution in [0, 0.1) is 6.92 Å². The standard InChI is InChI=1S/C22H22N2O3S/c1-17-6-10-21(11-7-17)28(25,26)23-22(24-12-14-27-15-13-24)20-9-8-18-4-2-3-5-19(18)16-20/h2-11,16H,12-15H2,1H3/b23-22-. The number of hydrogen-bond acceptors (Lipinski definition) is 3. The molecule has 0 amide bonds. The van der Waals surface area contributed by atoms with Crippen LogP contribution < -0.4 is 0 Å². The minimum Gasteiger partial charge on any atom is -0.378 e. The van der Waals surface area contributed by atoms with Gasteiger partial charge in [-0.05, 0) is 35.9 Å². The molecule has 0 unspecified atom stereocenters. The lowest BCUT2D eigenvalue weighted by Crippen LogP contribution is -2.41. The van der Waals surface area contributed by atoms with Crippen LogP contribution in [0.5, 0.6) is 0 Å². The van der Waals surface area contributed by atoms with Gasteiger partial charge >= 0.3 is 0 Å². The molecule has 28 heavy (non-hydrogen) atoms. The van der Waals surface area contributed by atoms with Crippen molar-refractivity contribution in [2.45, 2.75) is 11.8 Å². The third kappa shape index (κ3) is 3.93. The Bertz CT molecular complexity index is 1120. The second kappa shape index (κ2) is 7.73. The highest BCUT2D eigenvalue weighted by atomic mass is 32.2. The predicted molar refractivity (Wildman–Crippen MR) is 111 cm³/mol. The first kappa shape index (κ1) is 18.7. The van der Waals surface area contributed by atoms with Crippen LogP contribution in [-0.2, 0) is 14.8 Å². The molecule has 1 saturated heterocycles. The fourth-order valence-corrected chi connectivity index (χ4v) is 4.31. The van der Waals surface area contributed by atoms with Gasteiger partial charge in [-0.25, -0.2) is 0 Å². The Morgan fingerprint density at radius 3 is 2.32 bits per heavy atom. The summed E-state index contributed by atoms with van der Waals surface area (Å²) in [5, 5.41) is 2.16. The molecule has 1 aliphatic rings. The molecule has 3 aromatic carbocycles. The van der Waals surface area contributed by atoms with E-state index in [1.165, 1.54) is 0 Å². The number of hydrogen-bond donors (Lipinski definition) is 0. The number of sulfonamides is 1. The van der Waals surface area contributed by atoms with Gasteiger partial charge in [-0.2, -0.15) is 8.42 Å². The number of rotatable bonds is 3. The molecule has 1 aliphatic heterocycles. The molecule has 144 valence electrons. The van der Waals surface area contributed by atoms with Crippen molar-refractivity contribution in [3.63, 3.8) is 0 Å². The molecule has 0 aromatic heterocycles. The summed E-state index contributed by atoms with van der Waals surface area (Å²) in [7, 11) is -3.82. The molecule has 1 heterocycles. The number of benzene rings is 3. The van der Waals surface area contributed by atoms with E-state index in [0.29, 0.717) is 32.1 Å². The van der Waals surface area contributed by atoms with Gasteiger partial charge < -0.3 is 9.64 Å². The van der Waals surface area contributed by atoms with Crippen molar-refractivity contribution in [2.75, 3.05) is 26.3 Å². The van der Waals surface area contributed by atoms with Crippen molar-refractivity contribution in [1.29, 1.82) is 0 Å². The van der Waals surface area contributed by atoms with Crippen LogP contribution in [0.15, 0.2) is 76.0 Å². The van der Waals surface area contributed by atoms with E-state index in [1.54, 1.807) is 24.3 Å². The van der Waals surface area contributed by atoms with Gasteiger partial charge in [0.1, 0.15) is 5.84 Å². The fourth-order valence-electron chi connectivity index (χ4n) is 3.27. The van der Waals surface area contributed by atoms with Crippen molar-refractivity contribution in [1.82, 2.24) is 4.90 Å². The summed E-state index contributed by atoms with van der Waals surface area (Å²) in [6, 6.07) is 20.7. The Labute approximate surface area is 165 Å². The quantitative estimate of drug-likeness (QED) is 0.503. The number of amidine groups is 1. The van der Waals surface area contributed by atoms with E-state index in [2.05, 4.69) is 4.40 Å². The molecule has 0 N–H and O–H groups in total. The Balaban J connectivity index is 1.82. The molecule has 0 spiro atoms. The molecule has 0 bridgehead atoms.